The van der Waals surface area contributed by atoms with Crippen molar-refractivity contribution < 1.29 is 33.0 Å². The summed E-state index contributed by atoms with van der Waals surface area (Å²) in [5.41, 5.74) is 2.53. The summed E-state index contributed by atoms with van der Waals surface area (Å²) in [6, 6.07) is 15.2. The van der Waals surface area contributed by atoms with E-state index in [-0.39, 0.29) is 24.2 Å². The molecule has 4 aromatic rings. The molecule has 1 aromatic heterocycles. The Hall–Kier alpha value is -4.46. The molecule has 3 aromatic carbocycles. The number of carbonyl (C=O) groups excluding carboxylic acids is 2. The van der Waals surface area contributed by atoms with Crippen LogP contribution in [0.15, 0.2) is 59.0 Å². The smallest absolute Gasteiger partial charge is 0.255 e. The topological polar surface area (TPSA) is 96.2 Å². The van der Waals surface area contributed by atoms with Gasteiger partial charge in [-0.1, -0.05) is 0 Å². The fraction of sp³-hybridized carbons (Fsp3) is 0.154. The lowest BCUT2D eigenvalue weighted by atomic mass is 10.0. The SMILES string of the molecule is COc1ccc(OC)c(C(=O)c2oc3ccc(NC(=O)c4ccc5c(c4)OCO5)cc3c2C)c1. The van der Waals surface area contributed by atoms with Gasteiger partial charge >= 0.3 is 0 Å². The van der Waals surface area contributed by atoms with Gasteiger partial charge in [-0.3, -0.25) is 9.59 Å². The lowest BCUT2D eigenvalue weighted by Crippen LogP contribution is -2.11. The summed E-state index contributed by atoms with van der Waals surface area (Å²) in [5.74, 6) is 1.67. The first kappa shape index (κ1) is 21.4. The molecule has 172 valence electrons. The minimum absolute atomic E-state index is 0.138. The van der Waals surface area contributed by atoms with Gasteiger partial charge in [0.05, 0.1) is 19.8 Å². The first-order valence-electron chi connectivity index (χ1n) is 10.5. The molecule has 0 unspecified atom stereocenters. The predicted octanol–water partition coefficient (Wildman–Crippen LogP) is 4.97. The van der Waals surface area contributed by atoms with Gasteiger partial charge in [-0.25, -0.2) is 0 Å². The predicted molar refractivity (Wildman–Crippen MR) is 124 cm³/mol. The average molecular weight is 459 g/mol. The van der Waals surface area contributed by atoms with Gasteiger partial charge in [0.2, 0.25) is 12.6 Å². The molecule has 0 saturated carbocycles. The van der Waals surface area contributed by atoms with Crippen LogP contribution in [0.25, 0.3) is 11.0 Å². The van der Waals surface area contributed by atoms with Crippen LogP contribution in [-0.2, 0) is 0 Å². The van der Waals surface area contributed by atoms with Gasteiger partial charge in [0.1, 0.15) is 17.1 Å². The highest BCUT2D eigenvalue weighted by molar-refractivity contribution is 6.12. The molecule has 2 heterocycles. The molecule has 0 spiro atoms. The number of fused-ring (bicyclic) bond motifs is 2. The Morgan fingerprint density at radius 2 is 1.74 bits per heavy atom. The number of nitrogens with one attached hydrogen (secondary N) is 1. The molecule has 0 aliphatic carbocycles. The lowest BCUT2D eigenvalue weighted by molar-refractivity contribution is 0.100. The normalized spacial score (nSPS) is 12.0. The zero-order valence-corrected chi connectivity index (χ0v) is 18.8. The number of hydrogen-bond acceptors (Lipinski definition) is 7. The van der Waals surface area contributed by atoms with Crippen LogP contribution in [0.4, 0.5) is 5.69 Å². The monoisotopic (exact) mass is 459 g/mol. The quantitative estimate of drug-likeness (QED) is 0.407. The van der Waals surface area contributed by atoms with Gasteiger partial charge in [-0.2, -0.15) is 0 Å². The number of rotatable bonds is 6. The van der Waals surface area contributed by atoms with Crippen molar-refractivity contribution in [2.75, 3.05) is 26.3 Å². The summed E-state index contributed by atoms with van der Waals surface area (Å²) in [6.45, 7) is 1.94. The Bertz CT molecular complexity index is 1440. The van der Waals surface area contributed by atoms with Gasteiger partial charge in [-0.05, 0) is 61.5 Å². The molecule has 0 saturated heterocycles. The van der Waals surface area contributed by atoms with Gasteiger partial charge in [-0.15, -0.1) is 0 Å². The number of ketones is 1. The number of methoxy groups -OCH3 is 2. The summed E-state index contributed by atoms with van der Waals surface area (Å²) >= 11 is 0. The van der Waals surface area contributed by atoms with Crippen molar-refractivity contribution >= 4 is 28.3 Å². The molecular weight excluding hydrogens is 438 g/mol. The molecule has 8 heteroatoms. The number of furan rings is 1. The molecule has 0 atom stereocenters. The third-order valence-corrected chi connectivity index (χ3v) is 5.69. The number of ether oxygens (including phenoxy) is 4. The van der Waals surface area contributed by atoms with Crippen LogP contribution in [0.3, 0.4) is 0 Å². The standard InChI is InChI=1S/C26H21NO7/c1-14-18-11-16(27-26(29)15-4-7-22-23(10-15)33-13-32-22)5-8-21(18)34-25(14)24(28)19-12-17(30-2)6-9-20(19)31-3/h4-12H,13H2,1-3H3,(H,27,29). The molecule has 5 rings (SSSR count). The Balaban J connectivity index is 1.44. The van der Waals surface area contributed by atoms with Crippen molar-refractivity contribution in [3.63, 3.8) is 0 Å². The van der Waals surface area contributed by atoms with Crippen LogP contribution in [0.5, 0.6) is 23.0 Å². The van der Waals surface area contributed by atoms with Crippen LogP contribution in [0.1, 0.15) is 32.0 Å². The summed E-state index contributed by atoms with van der Waals surface area (Å²) in [6.07, 6.45) is 0. The molecule has 1 N–H and O–H groups in total. The van der Waals surface area contributed by atoms with Gasteiger partial charge in [0, 0.05) is 22.2 Å². The second kappa shape index (κ2) is 8.47. The van der Waals surface area contributed by atoms with Crippen LogP contribution >= 0.6 is 0 Å². The van der Waals surface area contributed by atoms with Crippen molar-refractivity contribution in [1.29, 1.82) is 0 Å². The second-order valence-corrected chi connectivity index (χ2v) is 7.68. The highest BCUT2D eigenvalue weighted by Crippen LogP contribution is 2.34. The first-order chi connectivity index (χ1) is 16.5. The maximum absolute atomic E-state index is 13.3. The fourth-order valence-corrected chi connectivity index (χ4v) is 3.87. The van der Waals surface area contributed by atoms with Crippen molar-refractivity contribution in [3.05, 3.63) is 77.0 Å². The number of carbonyl (C=O) groups is 2. The van der Waals surface area contributed by atoms with Crippen molar-refractivity contribution in [1.82, 2.24) is 0 Å². The minimum atomic E-state index is -0.324. The molecule has 0 radical (unpaired) electrons. The number of anilines is 1. The van der Waals surface area contributed by atoms with E-state index >= 15 is 0 Å². The van der Waals surface area contributed by atoms with E-state index in [4.69, 9.17) is 23.4 Å². The summed E-state index contributed by atoms with van der Waals surface area (Å²) in [4.78, 5) is 26.1. The molecule has 34 heavy (non-hydrogen) atoms. The van der Waals surface area contributed by atoms with E-state index in [1.54, 1.807) is 61.5 Å². The van der Waals surface area contributed by atoms with Crippen molar-refractivity contribution in [2.24, 2.45) is 0 Å². The maximum Gasteiger partial charge on any atom is 0.255 e. The summed E-state index contributed by atoms with van der Waals surface area (Å²) in [7, 11) is 3.03. The molecule has 1 amide bonds. The van der Waals surface area contributed by atoms with Crippen LogP contribution in [-0.4, -0.2) is 32.7 Å². The second-order valence-electron chi connectivity index (χ2n) is 7.68. The van der Waals surface area contributed by atoms with E-state index in [1.807, 2.05) is 0 Å². The zero-order valence-electron chi connectivity index (χ0n) is 18.8. The lowest BCUT2D eigenvalue weighted by Gasteiger charge is -2.09. The van der Waals surface area contributed by atoms with E-state index < -0.39 is 0 Å². The Kier molecular flexibility index (Phi) is 5.33. The number of hydrogen-bond donors (Lipinski definition) is 1. The Morgan fingerprint density at radius 3 is 2.53 bits per heavy atom. The largest absolute Gasteiger partial charge is 0.497 e. The highest BCUT2D eigenvalue weighted by atomic mass is 16.7. The number of aryl methyl sites for hydroxylation is 1. The third-order valence-electron chi connectivity index (χ3n) is 5.69. The third kappa shape index (κ3) is 3.69. The first-order valence-corrected chi connectivity index (χ1v) is 10.5. The Morgan fingerprint density at radius 1 is 0.912 bits per heavy atom. The molecular formula is C26H21NO7. The summed E-state index contributed by atoms with van der Waals surface area (Å²) in [5, 5.41) is 3.59. The summed E-state index contributed by atoms with van der Waals surface area (Å²) < 4.78 is 27.1. The fourth-order valence-electron chi connectivity index (χ4n) is 3.87. The van der Waals surface area contributed by atoms with Crippen molar-refractivity contribution in [3.8, 4) is 23.0 Å². The number of amides is 1. The van der Waals surface area contributed by atoms with Crippen LogP contribution in [0, 0.1) is 6.92 Å². The van der Waals surface area contributed by atoms with Crippen LogP contribution in [0.2, 0.25) is 0 Å². The molecule has 1 aliphatic rings. The van der Waals surface area contributed by atoms with E-state index in [0.29, 0.717) is 56.3 Å². The van der Waals surface area contributed by atoms with E-state index in [1.165, 1.54) is 14.2 Å². The van der Waals surface area contributed by atoms with E-state index in [2.05, 4.69) is 5.32 Å². The van der Waals surface area contributed by atoms with E-state index in [9.17, 15) is 9.59 Å². The van der Waals surface area contributed by atoms with Gasteiger partial charge < -0.3 is 28.7 Å². The van der Waals surface area contributed by atoms with E-state index in [0.717, 1.165) is 0 Å². The van der Waals surface area contributed by atoms with Crippen LogP contribution < -0.4 is 24.3 Å². The van der Waals surface area contributed by atoms with Crippen molar-refractivity contribution in [2.45, 2.75) is 6.92 Å². The van der Waals surface area contributed by atoms with Gasteiger partial charge in [0.15, 0.2) is 17.3 Å². The maximum atomic E-state index is 13.3. The zero-order chi connectivity index (χ0) is 23.8. The minimum Gasteiger partial charge on any atom is -0.497 e. The molecule has 8 nitrogen and oxygen atoms in total. The van der Waals surface area contributed by atoms with Gasteiger partial charge in [0.25, 0.3) is 5.91 Å². The molecule has 1 aliphatic heterocycles. The molecule has 0 bridgehead atoms. The number of benzene rings is 3. The average Bonchev–Trinajstić information content (AvgIpc) is 3.47. The highest BCUT2D eigenvalue weighted by Gasteiger charge is 2.23. The Labute approximate surface area is 195 Å². The molecule has 0 fully saturated rings.